The van der Waals surface area contributed by atoms with E-state index in [2.05, 4.69) is 17.0 Å². The molecule has 1 aromatic rings. The molecule has 3 rings (SSSR count). The van der Waals surface area contributed by atoms with Crippen molar-refractivity contribution >= 4 is 5.91 Å². The van der Waals surface area contributed by atoms with Crippen molar-refractivity contribution in [3.8, 4) is 5.75 Å². The summed E-state index contributed by atoms with van der Waals surface area (Å²) >= 11 is 0. The number of nitrogens with zero attached hydrogens (tertiary/aromatic N) is 1. The molecular formula is C18H25NO3. The van der Waals surface area contributed by atoms with Gasteiger partial charge in [-0.2, -0.15) is 0 Å². The number of carbonyl (C=O) groups excluding carboxylic acids is 1. The highest BCUT2D eigenvalue weighted by Crippen LogP contribution is 2.34. The number of hydrogen-bond acceptors (Lipinski definition) is 3. The van der Waals surface area contributed by atoms with Gasteiger partial charge in [-0.15, -0.1) is 0 Å². The standard InChI is InChI=1S/C18H25NO3/c1-21-16-6-4-5-15(13-16)17-7-2-3-10-19(17)18(20)14-8-11-22-12-9-14/h4-6,13-14,17H,2-3,7-12H2,1H3. The third-order valence-corrected chi connectivity index (χ3v) is 4.83. The SMILES string of the molecule is COc1cccc(C2CCCCN2C(=O)C2CCOCC2)c1. The van der Waals surface area contributed by atoms with E-state index in [1.807, 2.05) is 12.1 Å². The van der Waals surface area contributed by atoms with Crippen molar-refractivity contribution < 1.29 is 14.3 Å². The Bertz CT molecular complexity index is 511. The van der Waals surface area contributed by atoms with Crippen LogP contribution in [-0.4, -0.2) is 37.7 Å². The van der Waals surface area contributed by atoms with Gasteiger partial charge in [0.05, 0.1) is 13.2 Å². The molecule has 0 N–H and O–H groups in total. The molecule has 0 aliphatic carbocycles. The number of likely N-dealkylation sites (tertiary alicyclic amines) is 1. The maximum absolute atomic E-state index is 12.9. The average Bonchev–Trinajstić information content (AvgIpc) is 2.62. The number of ether oxygens (including phenoxy) is 2. The number of methoxy groups -OCH3 is 1. The Morgan fingerprint density at radius 1 is 1.23 bits per heavy atom. The van der Waals surface area contributed by atoms with Crippen LogP contribution in [0.3, 0.4) is 0 Å². The Kier molecular flexibility index (Phi) is 4.98. The molecule has 0 radical (unpaired) electrons. The van der Waals surface area contributed by atoms with Crippen LogP contribution in [0.2, 0.25) is 0 Å². The third-order valence-electron chi connectivity index (χ3n) is 4.83. The molecule has 2 heterocycles. The quantitative estimate of drug-likeness (QED) is 0.861. The molecule has 2 saturated heterocycles. The number of benzene rings is 1. The normalized spacial score (nSPS) is 23.3. The van der Waals surface area contributed by atoms with Gasteiger partial charge in [0.2, 0.25) is 5.91 Å². The van der Waals surface area contributed by atoms with Gasteiger partial charge in [0.15, 0.2) is 0 Å². The Morgan fingerprint density at radius 3 is 2.82 bits per heavy atom. The summed E-state index contributed by atoms with van der Waals surface area (Å²) in [5.74, 6) is 1.32. The van der Waals surface area contributed by atoms with E-state index >= 15 is 0 Å². The number of rotatable bonds is 3. The average molecular weight is 303 g/mol. The van der Waals surface area contributed by atoms with Gasteiger partial charge < -0.3 is 14.4 Å². The zero-order valence-electron chi connectivity index (χ0n) is 13.3. The number of carbonyl (C=O) groups is 1. The largest absolute Gasteiger partial charge is 0.497 e. The summed E-state index contributed by atoms with van der Waals surface area (Å²) in [5.41, 5.74) is 1.19. The Morgan fingerprint density at radius 2 is 2.05 bits per heavy atom. The van der Waals surface area contributed by atoms with Gasteiger partial charge in [-0.25, -0.2) is 0 Å². The van der Waals surface area contributed by atoms with Crippen molar-refractivity contribution in [2.24, 2.45) is 5.92 Å². The Labute approximate surface area is 132 Å². The van der Waals surface area contributed by atoms with E-state index in [0.29, 0.717) is 19.1 Å². The van der Waals surface area contributed by atoms with Crippen LogP contribution in [0.5, 0.6) is 5.75 Å². The minimum Gasteiger partial charge on any atom is -0.497 e. The molecule has 120 valence electrons. The molecule has 2 aliphatic heterocycles. The van der Waals surface area contributed by atoms with Crippen LogP contribution in [0.25, 0.3) is 0 Å². The molecule has 4 heteroatoms. The van der Waals surface area contributed by atoms with Crippen molar-refractivity contribution in [2.45, 2.75) is 38.1 Å². The summed E-state index contributed by atoms with van der Waals surface area (Å²) in [6.45, 7) is 2.31. The minimum atomic E-state index is 0.139. The van der Waals surface area contributed by atoms with Crippen LogP contribution in [0.1, 0.15) is 43.7 Å². The highest BCUT2D eigenvalue weighted by Gasteiger charge is 2.33. The van der Waals surface area contributed by atoms with Crippen LogP contribution < -0.4 is 4.74 Å². The summed E-state index contributed by atoms with van der Waals surface area (Å²) in [6, 6.07) is 8.35. The van der Waals surface area contributed by atoms with E-state index < -0.39 is 0 Å². The molecule has 1 unspecified atom stereocenters. The Hall–Kier alpha value is -1.55. The van der Waals surface area contributed by atoms with E-state index in [1.165, 1.54) is 12.0 Å². The van der Waals surface area contributed by atoms with Crippen LogP contribution in [0.15, 0.2) is 24.3 Å². The summed E-state index contributed by atoms with van der Waals surface area (Å²) < 4.78 is 10.7. The molecule has 2 aliphatic rings. The second kappa shape index (κ2) is 7.14. The monoisotopic (exact) mass is 303 g/mol. The maximum atomic E-state index is 12.9. The second-order valence-electron chi connectivity index (χ2n) is 6.21. The molecule has 0 aromatic heterocycles. The summed E-state index contributed by atoms with van der Waals surface area (Å²) in [5, 5.41) is 0. The van der Waals surface area contributed by atoms with E-state index in [1.54, 1.807) is 7.11 Å². The summed E-state index contributed by atoms with van der Waals surface area (Å²) in [6.07, 6.45) is 5.05. The first-order chi connectivity index (χ1) is 10.8. The van der Waals surface area contributed by atoms with Gasteiger partial charge in [-0.05, 0) is 49.8 Å². The van der Waals surface area contributed by atoms with E-state index in [9.17, 15) is 4.79 Å². The van der Waals surface area contributed by atoms with Crippen molar-refractivity contribution in [3.63, 3.8) is 0 Å². The molecule has 0 saturated carbocycles. The molecule has 1 atom stereocenters. The predicted molar refractivity (Wildman–Crippen MR) is 84.8 cm³/mol. The number of hydrogen-bond donors (Lipinski definition) is 0. The van der Waals surface area contributed by atoms with E-state index in [0.717, 1.165) is 38.0 Å². The minimum absolute atomic E-state index is 0.139. The van der Waals surface area contributed by atoms with Crippen molar-refractivity contribution in [3.05, 3.63) is 29.8 Å². The first-order valence-corrected chi connectivity index (χ1v) is 8.32. The van der Waals surface area contributed by atoms with Gasteiger partial charge >= 0.3 is 0 Å². The number of piperidine rings is 1. The maximum Gasteiger partial charge on any atom is 0.226 e. The molecule has 2 fully saturated rings. The fourth-order valence-corrected chi connectivity index (χ4v) is 3.57. The van der Waals surface area contributed by atoms with Gasteiger partial charge in [0, 0.05) is 25.7 Å². The van der Waals surface area contributed by atoms with E-state index in [4.69, 9.17) is 9.47 Å². The lowest BCUT2D eigenvalue weighted by molar-refractivity contribution is -0.142. The van der Waals surface area contributed by atoms with Gasteiger partial charge in [-0.1, -0.05) is 12.1 Å². The molecule has 0 bridgehead atoms. The topological polar surface area (TPSA) is 38.8 Å². The first-order valence-electron chi connectivity index (χ1n) is 8.32. The zero-order valence-corrected chi connectivity index (χ0v) is 13.3. The smallest absolute Gasteiger partial charge is 0.226 e. The van der Waals surface area contributed by atoms with Crippen LogP contribution in [-0.2, 0) is 9.53 Å². The Balaban J connectivity index is 1.79. The van der Waals surface area contributed by atoms with E-state index in [-0.39, 0.29) is 12.0 Å². The highest BCUT2D eigenvalue weighted by atomic mass is 16.5. The highest BCUT2D eigenvalue weighted by molar-refractivity contribution is 5.79. The fourth-order valence-electron chi connectivity index (χ4n) is 3.57. The molecule has 0 spiro atoms. The lowest BCUT2D eigenvalue weighted by Gasteiger charge is -2.39. The summed E-state index contributed by atoms with van der Waals surface area (Å²) in [7, 11) is 1.69. The van der Waals surface area contributed by atoms with Gasteiger partial charge in [0.25, 0.3) is 0 Å². The predicted octanol–water partition coefficient (Wildman–Crippen LogP) is 3.18. The van der Waals surface area contributed by atoms with Gasteiger partial charge in [-0.3, -0.25) is 4.79 Å². The fraction of sp³-hybridized carbons (Fsp3) is 0.611. The lowest BCUT2D eigenvalue weighted by Crippen LogP contribution is -2.43. The number of amides is 1. The lowest BCUT2D eigenvalue weighted by atomic mass is 9.91. The van der Waals surface area contributed by atoms with Crippen molar-refractivity contribution in [1.82, 2.24) is 4.90 Å². The molecule has 4 nitrogen and oxygen atoms in total. The van der Waals surface area contributed by atoms with Crippen LogP contribution in [0, 0.1) is 5.92 Å². The third kappa shape index (κ3) is 3.27. The second-order valence-corrected chi connectivity index (χ2v) is 6.21. The van der Waals surface area contributed by atoms with Crippen molar-refractivity contribution in [1.29, 1.82) is 0 Å². The summed E-state index contributed by atoms with van der Waals surface area (Å²) in [4.78, 5) is 15.0. The molecule has 1 aromatic carbocycles. The van der Waals surface area contributed by atoms with Crippen molar-refractivity contribution in [2.75, 3.05) is 26.9 Å². The first kappa shape index (κ1) is 15.3. The molecule has 1 amide bonds. The zero-order chi connectivity index (χ0) is 15.4. The van der Waals surface area contributed by atoms with Crippen LogP contribution >= 0.6 is 0 Å². The van der Waals surface area contributed by atoms with Crippen LogP contribution in [0.4, 0.5) is 0 Å². The molecule has 22 heavy (non-hydrogen) atoms. The van der Waals surface area contributed by atoms with Gasteiger partial charge in [0.1, 0.15) is 5.75 Å². The molecular weight excluding hydrogens is 278 g/mol.